The quantitative estimate of drug-likeness (QED) is 0.182. The van der Waals surface area contributed by atoms with Crippen LogP contribution in [-0.2, 0) is 23.7 Å². The van der Waals surface area contributed by atoms with E-state index in [9.17, 15) is 46.0 Å². The van der Waals surface area contributed by atoms with Gasteiger partial charge in [0.25, 0.3) is 0 Å². The molecule has 0 spiro atoms. The molecule has 32 heavy (non-hydrogen) atoms. The molecule has 1 unspecified atom stereocenters. The van der Waals surface area contributed by atoms with E-state index in [1.54, 1.807) is 0 Å². The zero-order valence-electron chi connectivity index (χ0n) is 17.4. The number of aliphatic hydroxyl groups excluding tert-OH is 9. The standard InChI is InChI=1S/C18H32O14/c1-4-7(19)9(21)13(25)17(30-4)28-3-6-8(20)10(22)14(26)18(31-6)32-15-5(2)29-16(27)12(24)11(15)23/h4-27H,3H2,1-2H3/t4-,5-,6+,7-,8-,9+,10-,11-,12+,13+,14+,15-,16?,17+,18-/m0/s1. The monoisotopic (exact) mass is 472 g/mol. The van der Waals surface area contributed by atoms with Crippen LogP contribution in [0.3, 0.4) is 0 Å². The van der Waals surface area contributed by atoms with Crippen LogP contribution >= 0.6 is 0 Å². The maximum absolute atomic E-state index is 10.2. The summed E-state index contributed by atoms with van der Waals surface area (Å²) in [5.74, 6) is 0. The zero-order valence-corrected chi connectivity index (χ0v) is 17.4. The highest BCUT2D eigenvalue weighted by Gasteiger charge is 2.50. The van der Waals surface area contributed by atoms with Gasteiger partial charge in [-0.2, -0.15) is 0 Å². The highest BCUT2D eigenvalue weighted by molar-refractivity contribution is 4.93. The van der Waals surface area contributed by atoms with Crippen LogP contribution in [0.25, 0.3) is 0 Å². The topological polar surface area (TPSA) is 228 Å². The molecule has 3 aliphatic heterocycles. The lowest BCUT2D eigenvalue weighted by molar-refractivity contribution is -0.358. The predicted octanol–water partition coefficient (Wildman–Crippen LogP) is -5.52. The first-order chi connectivity index (χ1) is 14.9. The first kappa shape index (κ1) is 26.1. The Morgan fingerprint density at radius 2 is 1.16 bits per heavy atom. The number of aliphatic hydroxyl groups is 9. The summed E-state index contributed by atoms with van der Waals surface area (Å²) in [5, 5.41) is 89.8. The lowest BCUT2D eigenvalue weighted by atomic mass is 9.97. The highest BCUT2D eigenvalue weighted by atomic mass is 16.7. The maximum Gasteiger partial charge on any atom is 0.187 e. The van der Waals surface area contributed by atoms with Crippen LogP contribution in [0.15, 0.2) is 0 Å². The molecule has 15 atom stereocenters. The Kier molecular flexibility index (Phi) is 8.44. The third-order valence-corrected chi connectivity index (χ3v) is 5.99. The fourth-order valence-corrected chi connectivity index (χ4v) is 3.87. The smallest absolute Gasteiger partial charge is 0.187 e. The van der Waals surface area contributed by atoms with Crippen molar-refractivity contribution in [2.45, 2.75) is 106 Å². The lowest BCUT2D eigenvalue weighted by Crippen LogP contribution is -2.64. The molecular formula is C18H32O14. The van der Waals surface area contributed by atoms with Crippen molar-refractivity contribution in [1.82, 2.24) is 0 Å². The normalized spacial score (nSPS) is 55.0. The van der Waals surface area contributed by atoms with Crippen molar-refractivity contribution >= 4 is 0 Å². The van der Waals surface area contributed by atoms with E-state index in [1.807, 2.05) is 0 Å². The van der Waals surface area contributed by atoms with E-state index in [2.05, 4.69) is 0 Å². The molecule has 0 aromatic carbocycles. The van der Waals surface area contributed by atoms with Gasteiger partial charge in [0.1, 0.15) is 61.0 Å². The number of ether oxygens (including phenoxy) is 5. The van der Waals surface area contributed by atoms with Gasteiger partial charge in [0, 0.05) is 0 Å². The van der Waals surface area contributed by atoms with Gasteiger partial charge in [-0.15, -0.1) is 0 Å². The molecule has 0 aliphatic carbocycles. The fourth-order valence-electron chi connectivity index (χ4n) is 3.87. The minimum Gasteiger partial charge on any atom is -0.388 e. The summed E-state index contributed by atoms with van der Waals surface area (Å²) >= 11 is 0. The van der Waals surface area contributed by atoms with E-state index >= 15 is 0 Å². The largest absolute Gasteiger partial charge is 0.388 e. The van der Waals surface area contributed by atoms with Crippen molar-refractivity contribution in [2.75, 3.05) is 6.61 Å². The molecule has 0 bridgehead atoms. The van der Waals surface area contributed by atoms with E-state index in [4.69, 9.17) is 23.7 Å². The Hall–Kier alpha value is -0.560. The SMILES string of the molecule is C[C@@H]1O[C@@H](OC[C@H]2O[C@@H](O[C@@H]3[C@@H](O)[C@@H](O)C(O)O[C@H]3C)[C@H](O)[C@@H](O)[C@H]2O)[C@H](O)[C@H](O)[C@H]1O. The first-order valence-corrected chi connectivity index (χ1v) is 10.3. The molecule has 14 heteroatoms. The average Bonchev–Trinajstić information content (AvgIpc) is 2.75. The van der Waals surface area contributed by atoms with Crippen LogP contribution in [-0.4, -0.2) is 145 Å². The van der Waals surface area contributed by atoms with E-state index in [0.717, 1.165) is 0 Å². The summed E-state index contributed by atoms with van der Waals surface area (Å²) < 4.78 is 26.7. The van der Waals surface area contributed by atoms with Gasteiger partial charge in [0.2, 0.25) is 0 Å². The molecule has 0 saturated carbocycles. The van der Waals surface area contributed by atoms with Crippen molar-refractivity contribution in [1.29, 1.82) is 0 Å². The van der Waals surface area contributed by atoms with Gasteiger partial charge in [-0.1, -0.05) is 0 Å². The first-order valence-electron chi connectivity index (χ1n) is 10.3. The summed E-state index contributed by atoms with van der Waals surface area (Å²) in [6.07, 6.45) is -21.9. The molecule has 0 aromatic rings. The third kappa shape index (κ3) is 5.08. The zero-order chi connectivity index (χ0) is 23.9. The minimum absolute atomic E-state index is 0.483. The summed E-state index contributed by atoms with van der Waals surface area (Å²) in [6, 6.07) is 0. The Bertz CT molecular complexity index is 610. The Morgan fingerprint density at radius 3 is 1.81 bits per heavy atom. The van der Waals surface area contributed by atoms with Crippen LogP contribution in [0.4, 0.5) is 0 Å². The summed E-state index contributed by atoms with van der Waals surface area (Å²) in [5.41, 5.74) is 0. The van der Waals surface area contributed by atoms with Crippen LogP contribution in [0.1, 0.15) is 13.8 Å². The van der Waals surface area contributed by atoms with Gasteiger partial charge in [-0.3, -0.25) is 0 Å². The Morgan fingerprint density at radius 1 is 0.562 bits per heavy atom. The van der Waals surface area contributed by atoms with Gasteiger partial charge in [-0.05, 0) is 13.8 Å². The van der Waals surface area contributed by atoms with Crippen LogP contribution in [0.2, 0.25) is 0 Å². The average molecular weight is 472 g/mol. The van der Waals surface area contributed by atoms with Crippen LogP contribution in [0, 0.1) is 0 Å². The van der Waals surface area contributed by atoms with Gasteiger partial charge < -0.3 is 69.6 Å². The second-order valence-corrected chi connectivity index (χ2v) is 8.34. The van der Waals surface area contributed by atoms with Crippen LogP contribution in [0.5, 0.6) is 0 Å². The highest BCUT2D eigenvalue weighted by Crippen LogP contribution is 2.29. The molecule has 14 nitrogen and oxygen atoms in total. The molecule has 3 heterocycles. The minimum atomic E-state index is -1.75. The Labute approximate surface area is 183 Å². The lowest BCUT2D eigenvalue weighted by Gasteiger charge is -2.45. The Balaban J connectivity index is 1.64. The molecule has 0 amide bonds. The number of hydrogen-bond acceptors (Lipinski definition) is 14. The van der Waals surface area contributed by atoms with Crippen molar-refractivity contribution in [3.05, 3.63) is 0 Å². The second-order valence-electron chi connectivity index (χ2n) is 8.34. The van der Waals surface area contributed by atoms with E-state index in [-0.39, 0.29) is 0 Å². The molecule has 0 radical (unpaired) electrons. The van der Waals surface area contributed by atoms with E-state index in [0.29, 0.717) is 0 Å². The molecule has 3 aliphatic rings. The van der Waals surface area contributed by atoms with Crippen molar-refractivity contribution in [2.24, 2.45) is 0 Å². The molecule has 188 valence electrons. The summed E-state index contributed by atoms with van der Waals surface area (Å²) in [6.45, 7) is 2.41. The third-order valence-electron chi connectivity index (χ3n) is 5.99. The molecule has 0 aromatic heterocycles. The van der Waals surface area contributed by atoms with Crippen molar-refractivity contribution in [3.8, 4) is 0 Å². The predicted molar refractivity (Wildman–Crippen MR) is 98.4 cm³/mol. The van der Waals surface area contributed by atoms with E-state index in [1.165, 1.54) is 13.8 Å². The maximum atomic E-state index is 10.2. The van der Waals surface area contributed by atoms with Crippen molar-refractivity contribution in [3.63, 3.8) is 0 Å². The van der Waals surface area contributed by atoms with E-state index < -0.39 is 98.7 Å². The van der Waals surface area contributed by atoms with Gasteiger partial charge >= 0.3 is 0 Å². The fraction of sp³-hybridized carbons (Fsp3) is 1.00. The molecule has 3 rings (SSSR count). The summed E-state index contributed by atoms with van der Waals surface area (Å²) in [7, 11) is 0. The molecular weight excluding hydrogens is 440 g/mol. The summed E-state index contributed by atoms with van der Waals surface area (Å²) in [4.78, 5) is 0. The van der Waals surface area contributed by atoms with Gasteiger partial charge in [0.15, 0.2) is 18.9 Å². The van der Waals surface area contributed by atoms with Gasteiger partial charge in [0.05, 0.1) is 18.8 Å². The van der Waals surface area contributed by atoms with Crippen molar-refractivity contribution < 1.29 is 69.6 Å². The molecule has 9 N–H and O–H groups in total. The van der Waals surface area contributed by atoms with Gasteiger partial charge in [-0.25, -0.2) is 0 Å². The molecule has 3 saturated heterocycles. The number of hydrogen-bond donors (Lipinski definition) is 9. The number of rotatable bonds is 5. The molecule has 3 fully saturated rings. The van der Waals surface area contributed by atoms with Crippen LogP contribution < -0.4 is 0 Å². The second kappa shape index (κ2) is 10.4.